The van der Waals surface area contributed by atoms with Crippen molar-refractivity contribution in [2.24, 2.45) is 0 Å². The minimum Gasteiger partial charge on any atom is -0.465 e. The number of unbranched alkanes of at least 4 members (excludes halogenated alkanes) is 1. The Bertz CT molecular complexity index is 387. The summed E-state index contributed by atoms with van der Waals surface area (Å²) >= 11 is 0. The smallest absolute Gasteiger partial charge is 0.341 e. The van der Waals surface area contributed by atoms with Gasteiger partial charge in [0.25, 0.3) is 0 Å². The van der Waals surface area contributed by atoms with Crippen LogP contribution in [0.25, 0.3) is 0 Å². The minimum atomic E-state index is -0.365. The molecular formula is C14H23NO4. The molecule has 0 radical (unpaired) electrons. The van der Waals surface area contributed by atoms with E-state index in [1.165, 1.54) is 7.11 Å². The highest BCUT2D eigenvalue weighted by molar-refractivity contribution is 5.90. The fourth-order valence-corrected chi connectivity index (χ4v) is 1.65. The van der Waals surface area contributed by atoms with E-state index in [-0.39, 0.29) is 5.97 Å². The Morgan fingerprint density at radius 1 is 1.42 bits per heavy atom. The second kappa shape index (κ2) is 8.72. The number of aryl methyl sites for hydroxylation is 1. The van der Waals surface area contributed by atoms with Crippen LogP contribution in [0.1, 0.15) is 41.6 Å². The maximum absolute atomic E-state index is 11.4. The van der Waals surface area contributed by atoms with Crippen LogP contribution in [-0.4, -0.2) is 32.8 Å². The van der Waals surface area contributed by atoms with Crippen molar-refractivity contribution < 1.29 is 18.7 Å². The van der Waals surface area contributed by atoms with Gasteiger partial charge in [-0.2, -0.15) is 0 Å². The van der Waals surface area contributed by atoms with Gasteiger partial charge in [-0.15, -0.1) is 0 Å². The van der Waals surface area contributed by atoms with Gasteiger partial charge in [-0.3, -0.25) is 0 Å². The second-order valence-electron chi connectivity index (χ2n) is 4.32. The number of hydrogen-bond acceptors (Lipinski definition) is 5. The van der Waals surface area contributed by atoms with E-state index in [0.29, 0.717) is 24.5 Å². The summed E-state index contributed by atoms with van der Waals surface area (Å²) in [7, 11) is 1.36. The average molecular weight is 269 g/mol. The number of rotatable bonds is 9. The summed E-state index contributed by atoms with van der Waals surface area (Å²) in [5, 5.41) is 3.21. The summed E-state index contributed by atoms with van der Waals surface area (Å²) in [5.74, 6) is 0.949. The van der Waals surface area contributed by atoms with Gasteiger partial charge in [-0.1, -0.05) is 13.3 Å². The SMILES string of the molecule is CCCCOCCNCc1cc(C(=O)OC)c(C)o1. The third kappa shape index (κ3) is 5.44. The van der Waals surface area contributed by atoms with E-state index in [1.807, 2.05) is 0 Å². The third-order valence-electron chi connectivity index (χ3n) is 2.74. The topological polar surface area (TPSA) is 60.7 Å². The lowest BCUT2D eigenvalue weighted by Crippen LogP contribution is -2.19. The van der Waals surface area contributed by atoms with Crippen LogP contribution in [0.2, 0.25) is 0 Å². The van der Waals surface area contributed by atoms with Gasteiger partial charge in [0, 0.05) is 13.2 Å². The van der Waals surface area contributed by atoms with Crippen LogP contribution >= 0.6 is 0 Å². The number of nitrogens with one attached hydrogen (secondary N) is 1. The highest BCUT2D eigenvalue weighted by Crippen LogP contribution is 2.15. The van der Waals surface area contributed by atoms with Gasteiger partial charge in [0.1, 0.15) is 17.1 Å². The van der Waals surface area contributed by atoms with Crippen molar-refractivity contribution >= 4 is 5.97 Å². The summed E-state index contributed by atoms with van der Waals surface area (Å²) in [4.78, 5) is 11.4. The van der Waals surface area contributed by atoms with E-state index in [4.69, 9.17) is 9.15 Å². The number of furan rings is 1. The van der Waals surface area contributed by atoms with E-state index in [0.717, 1.165) is 31.8 Å². The molecule has 0 saturated carbocycles. The highest BCUT2D eigenvalue weighted by atomic mass is 16.5. The van der Waals surface area contributed by atoms with Crippen LogP contribution in [0, 0.1) is 6.92 Å². The van der Waals surface area contributed by atoms with Crippen molar-refractivity contribution in [2.45, 2.75) is 33.2 Å². The highest BCUT2D eigenvalue weighted by Gasteiger charge is 2.14. The molecule has 0 amide bonds. The van der Waals surface area contributed by atoms with E-state index >= 15 is 0 Å². The fraction of sp³-hybridized carbons (Fsp3) is 0.643. The Morgan fingerprint density at radius 2 is 2.21 bits per heavy atom. The molecule has 0 fully saturated rings. The first-order valence-corrected chi connectivity index (χ1v) is 6.65. The zero-order valence-corrected chi connectivity index (χ0v) is 12.0. The van der Waals surface area contributed by atoms with Crippen molar-refractivity contribution in [1.82, 2.24) is 5.32 Å². The first-order valence-electron chi connectivity index (χ1n) is 6.65. The van der Waals surface area contributed by atoms with Crippen LogP contribution in [0.3, 0.4) is 0 Å². The first kappa shape index (κ1) is 15.7. The molecule has 0 aliphatic rings. The lowest BCUT2D eigenvalue weighted by molar-refractivity contribution is 0.0599. The number of methoxy groups -OCH3 is 1. The Hall–Kier alpha value is -1.33. The maximum Gasteiger partial charge on any atom is 0.341 e. The van der Waals surface area contributed by atoms with Crippen LogP contribution in [0.4, 0.5) is 0 Å². The summed E-state index contributed by atoms with van der Waals surface area (Å²) in [6.07, 6.45) is 2.25. The number of carbonyl (C=O) groups excluding carboxylic acids is 1. The van der Waals surface area contributed by atoms with Gasteiger partial charge >= 0.3 is 5.97 Å². The fourth-order valence-electron chi connectivity index (χ4n) is 1.65. The third-order valence-corrected chi connectivity index (χ3v) is 2.74. The molecule has 1 aromatic heterocycles. The number of carbonyl (C=O) groups is 1. The first-order chi connectivity index (χ1) is 9.19. The molecule has 0 saturated heterocycles. The summed E-state index contributed by atoms with van der Waals surface area (Å²) in [6.45, 7) is 6.73. The van der Waals surface area contributed by atoms with E-state index < -0.39 is 0 Å². The molecule has 1 rings (SSSR count). The molecular weight excluding hydrogens is 246 g/mol. The molecule has 0 aliphatic heterocycles. The van der Waals surface area contributed by atoms with Crippen LogP contribution in [0.5, 0.6) is 0 Å². The van der Waals surface area contributed by atoms with Crippen LogP contribution in [-0.2, 0) is 16.0 Å². The molecule has 0 spiro atoms. The van der Waals surface area contributed by atoms with Gasteiger partial charge in [0.15, 0.2) is 0 Å². The quantitative estimate of drug-likeness (QED) is 0.550. The zero-order chi connectivity index (χ0) is 14.1. The van der Waals surface area contributed by atoms with Gasteiger partial charge < -0.3 is 19.2 Å². The molecule has 0 bridgehead atoms. The molecule has 0 unspecified atom stereocenters. The van der Waals surface area contributed by atoms with Crippen LogP contribution in [0.15, 0.2) is 10.5 Å². The Kier molecular flexibility index (Phi) is 7.22. The van der Waals surface area contributed by atoms with Crippen molar-refractivity contribution in [1.29, 1.82) is 0 Å². The van der Waals surface area contributed by atoms with E-state index in [9.17, 15) is 4.79 Å². The lowest BCUT2D eigenvalue weighted by atomic mass is 10.2. The molecule has 1 N–H and O–H groups in total. The van der Waals surface area contributed by atoms with Gasteiger partial charge in [0.05, 0.1) is 20.3 Å². The molecule has 1 aromatic rings. The molecule has 0 atom stereocenters. The number of hydrogen-bond donors (Lipinski definition) is 1. The standard InChI is InChI=1S/C14H23NO4/c1-4-5-7-18-8-6-15-10-12-9-13(11(2)19-12)14(16)17-3/h9,15H,4-8,10H2,1-3H3. The monoisotopic (exact) mass is 269 g/mol. The summed E-state index contributed by atoms with van der Waals surface area (Å²) in [6, 6.07) is 1.71. The zero-order valence-electron chi connectivity index (χ0n) is 12.0. The van der Waals surface area contributed by atoms with Gasteiger partial charge in [0.2, 0.25) is 0 Å². The molecule has 0 aromatic carbocycles. The van der Waals surface area contributed by atoms with E-state index in [1.54, 1.807) is 13.0 Å². The minimum absolute atomic E-state index is 0.365. The van der Waals surface area contributed by atoms with Crippen molar-refractivity contribution in [2.75, 3.05) is 26.9 Å². The molecule has 5 nitrogen and oxygen atoms in total. The molecule has 5 heteroatoms. The Morgan fingerprint density at radius 3 is 2.89 bits per heavy atom. The predicted octanol–water partition coefficient (Wildman–Crippen LogP) is 2.28. The molecule has 19 heavy (non-hydrogen) atoms. The second-order valence-corrected chi connectivity index (χ2v) is 4.32. The van der Waals surface area contributed by atoms with Crippen molar-refractivity contribution in [3.8, 4) is 0 Å². The normalized spacial score (nSPS) is 10.7. The summed E-state index contributed by atoms with van der Waals surface area (Å²) < 4.78 is 15.6. The largest absolute Gasteiger partial charge is 0.465 e. The lowest BCUT2D eigenvalue weighted by Gasteiger charge is -2.04. The van der Waals surface area contributed by atoms with Crippen molar-refractivity contribution in [3.05, 3.63) is 23.2 Å². The van der Waals surface area contributed by atoms with E-state index in [2.05, 4.69) is 17.0 Å². The predicted molar refractivity (Wildman–Crippen MR) is 72.2 cm³/mol. The molecule has 0 aliphatic carbocycles. The number of esters is 1. The van der Waals surface area contributed by atoms with Crippen LogP contribution < -0.4 is 5.32 Å². The average Bonchev–Trinajstić information content (AvgIpc) is 2.78. The molecule has 108 valence electrons. The summed E-state index contributed by atoms with van der Waals surface area (Å²) in [5.41, 5.74) is 0.485. The molecule has 1 heterocycles. The van der Waals surface area contributed by atoms with Gasteiger partial charge in [-0.05, 0) is 19.4 Å². The van der Waals surface area contributed by atoms with Crippen molar-refractivity contribution in [3.63, 3.8) is 0 Å². The maximum atomic E-state index is 11.4. The number of ether oxygens (including phenoxy) is 2. The Balaban J connectivity index is 2.25. The van der Waals surface area contributed by atoms with Gasteiger partial charge in [-0.25, -0.2) is 4.79 Å². The Labute approximate surface area is 114 Å².